The van der Waals surface area contributed by atoms with Gasteiger partial charge in [-0.25, -0.2) is 0 Å². The zero-order valence-electron chi connectivity index (χ0n) is 9.72. The van der Waals surface area contributed by atoms with E-state index in [1.807, 2.05) is 26.0 Å². The molecule has 0 aromatic heterocycles. The van der Waals surface area contributed by atoms with Gasteiger partial charge in [-0.1, -0.05) is 32.0 Å². The van der Waals surface area contributed by atoms with Crippen molar-refractivity contribution in [3.05, 3.63) is 29.3 Å². The van der Waals surface area contributed by atoms with Crippen LogP contribution >= 0.6 is 0 Å². The molecule has 2 rings (SSSR count). The molecule has 0 aliphatic carbocycles. The minimum atomic E-state index is -0.374. The lowest BCUT2D eigenvalue weighted by Gasteiger charge is -2.26. The molecule has 0 radical (unpaired) electrons. The van der Waals surface area contributed by atoms with E-state index in [9.17, 15) is 4.79 Å². The molecule has 80 valence electrons. The van der Waals surface area contributed by atoms with E-state index in [-0.39, 0.29) is 11.3 Å². The summed E-state index contributed by atoms with van der Waals surface area (Å²) in [6.45, 7) is 8.25. The number of benzene rings is 1. The first-order chi connectivity index (χ1) is 6.98. The van der Waals surface area contributed by atoms with Crippen molar-refractivity contribution in [2.24, 2.45) is 5.92 Å². The summed E-state index contributed by atoms with van der Waals surface area (Å²) in [6.07, 6.45) is 0. The maximum Gasteiger partial charge on any atom is 0.235 e. The van der Waals surface area contributed by atoms with Crippen molar-refractivity contribution in [2.45, 2.75) is 33.1 Å². The first kappa shape index (κ1) is 10.2. The Balaban J connectivity index is 2.65. The topological polar surface area (TPSA) is 29.1 Å². The van der Waals surface area contributed by atoms with Crippen LogP contribution in [0.4, 0.5) is 5.69 Å². The second-order valence-corrected chi connectivity index (χ2v) is 4.81. The quantitative estimate of drug-likeness (QED) is 0.747. The zero-order chi connectivity index (χ0) is 11.2. The van der Waals surface area contributed by atoms with E-state index in [4.69, 9.17) is 0 Å². The predicted molar refractivity (Wildman–Crippen MR) is 62.0 cm³/mol. The first-order valence-corrected chi connectivity index (χ1v) is 5.39. The fourth-order valence-electron chi connectivity index (χ4n) is 2.21. The molecule has 0 saturated carbocycles. The fraction of sp³-hybridized carbons (Fsp3) is 0.462. The average molecular weight is 203 g/mol. The van der Waals surface area contributed by atoms with Crippen LogP contribution in [-0.4, -0.2) is 5.91 Å². The van der Waals surface area contributed by atoms with Crippen LogP contribution in [-0.2, 0) is 10.2 Å². The van der Waals surface area contributed by atoms with E-state index in [0.717, 1.165) is 16.8 Å². The molecule has 1 atom stereocenters. The Hall–Kier alpha value is -1.31. The third kappa shape index (κ3) is 1.21. The number of para-hydroxylation sites is 1. The number of aryl methyl sites for hydroxylation is 1. The lowest BCUT2D eigenvalue weighted by molar-refractivity contribution is -0.121. The van der Waals surface area contributed by atoms with Gasteiger partial charge in [0.05, 0.1) is 5.41 Å². The smallest absolute Gasteiger partial charge is 0.235 e. The highest BCUT2D eigenvalue weighted by Gasteiger charge is 2.45. The van der Waals surface area contributed by atoms with E-state index in [2.05, 4.69) is 25.2 Å². The van der Waals surface area contributed by atoms with E-state index in [0.29, 0.717) is 5.92 Å². The van der Waals surface area contributed by atoms with Crippen LogP contribution < -0.4 is 5.32 Å². The summed E-state index contributed by atoms with van der Waals surface area (Å²) in [5.74, 6) is 0.433. The van der Waals surface area contributed by atoms with Crippen molar-refractivity contribution in [3.63, 3.8) is 0 Å². The van der Waals surface area contributed by atoms with Crippen LogP contribution in [0.2, 0.25) is 0 Å². The molecule has 0 bridgehead atoms. The van der Waals surface area contributed by atoms with Crippen LogP contribution in [0.15, 0.2) is 18.2 Å². The summed E-state index contributed by atoms with van der Waals surface area (Å²) < 4.78 is 0. The summed E-state index contributed by atoms with van der Waals surface area (Å²) in [4.78, 5) is 12.0. The van der Waals surface area contributed by atoms with Crippen molar-refractivity contribution < 1.29 is 4.79 Å². The summed E-state index contributed by atoms with van der Waals surface area (Å²) in [7, 11) is 0. The number of fused-ring (bicyclic) bond motifs is 1. The molecule has 1 amide bonds. The predicted octanol–water partition coefficient (Wildman–Crippen LogP) is 2.86. The Labute approximate surface area is 90.7 Å². The highest BCUT2D eigenvalue weighted by molar-refractivity contribution is 6.06. The van der Waals surface area contributed by atoms with Crippen LogP contribution in [0.25, 0.3) is 0 Å². The van der Waals surface area contributed by atoms with Gasteiger partial charge in [0.2, 0.25) is 5.91 Å². The molecule has 1 aromatic rings. The minimum absolute atomic E-state index is 0.127. The molecule has 1 heterocycles. The van der Waals surface area contributed by atoms with Gasteiger partial charge in [0.15, 0.2) is 0 Å². The number of carbonyl (C=O) groups is 1. The SMILES string of the molecule is Cc1cccc2c1NC(=O)[C@]2(C)C(C)C. The normalized spacial score (nSPS) is 24.2. The van der Waals surface area contributed by atoms with Crippen molar-refractivity contribution >= 4 is 11.6 Å². The highest BCUT2D eigenvalue weighted by Crippen LogP contribution is 2.43. The van der Waals surface area contributed by atoms with Crippen LogP contribution in [0.1, 0.15) is 31.9 Å². The number of rotatable bonds is 1. The third-order valence-electron chi connectivity index (χ3n) is 3.70. The Morgan fingerprint density at radius 2 is 2.00 bits per heavy atom. The maximum absolute atomic E-state index is 12.0. The number of hydrogen-bond donors (Lipinski definition) is 1. The molecule has 1 aromatic carbocycles. The van der Waals surface area contributed by atoms with Gasteiger partial charge in [0.1, 0.15) is 0 Å². The van der Waals surface area contributed by atoms with Gasteiger partial charge in [-0.2, -0.15) is 0 Å². The summed E-state index contributed by atoms with van der Waals surface area (Å²) >= 11 is 0. The van der Waals surface area contributed by atoms with Crippen LogP contribution in [0, 0.1) is 12.8 Å². The Morgan fingerprint density at radius 3 is 2.60 bits per heavy atom. The van der Waals surface area contributed by atoms with Gasteiger partial charge < -0.3 is 5.32 Å². The van der Waals surface area contributed by atoms with Crippen molar-refractivity contribution in [1.82, 2.24) is 0 Å². The lowest BCUT2D eigenvalue weighted by atomic mass is 9.74. The largest absolute Gasteiger partial charge is 0.325 e. The van der Waals surface area contributed by atoms with Crippen molar-refractivity contribution in [1.29, 1.82) is 0 Å². The number of hydrogen-bond acceptors (Lipinski definition) is 1. The number of nitrogens with one attached hydrogen (secondary N) is 1. The number of carbonyl (C=O) groups excluding carboxylic acids is 1. The molecule has 0 fully saturated rings. The van der Waals surface area contributed by atoms with Gasteiger partial charge in [-0.15, -0.1) is 0 Å². The van der Waals surface area contributed by atoms with Crippen LogP contribution in [0.5, 0.6) is 0 Å². The second-order valence-electron chi connectivity index (χ2n) is 4.81. The summed E-state index contributed by atoms with van der Waals surface area (Å²) in [6, 6.07) is 6.11. The van der Waals surface area contributed by atoms with Gasteiger partial charge >= 0.3 is 0 Å². The number of anilines is 1. The lowest BCUT2D eigenvalue weighted by Crippen LogP contribution is -2.36. The van der Waals surface area contributed by atoms with E-state index >= 15 is 0 Å². The van der Waals surface area contributed by atoms with E-state index in [1.165, 1.54) is 0 Å². The summed E-state index contributed by atoms with van der Waals surface area (Å²) in [5.41, 5.74) is 2.92. The molecule has 2 nitrogen and oxygen atoms in total. The standard InChI is InChI=1S/C13H17NO/c1-8(2)13(4)10-7-5-6-9(3)11(10)14-12(13)15/h5-8H,1-4H3,(H,14,15)/t13-/m1/s1. The Morgan fingerprint density at radius 1 is 1.33 bits per heavy atom. The maximum atomic E-state index is 12.0. The molecule has 0 spiro atoms. The molecular formula is C13H17NO. The number of amides is 1. The molecule has 1 N–H and O–H groups in total. The van der Waals surface area contributed by atoms with E-state index in [1.54, 1.807) is 0 Å². The molecule has 1 aliphatic heterocycles. The molecule has 15 heavy (non-hydrogen) atoms. The van der Waals surface area contributed by atoms with Gasteiger partial charge in [-0.05, 0) is 30.9 Å². The summed E-state index contributed by atoms with van der Waals surface area (Å²) in [5, 5.41) is 3.00. The van der Waals surface area contributed by atoms with E-state index < -0.39 is 0 Å². The Kier molecular flexibility index (Phi) is 2.10. The monoisotopic (exact) mass is 203 g/mol. The first-order valence-electron chi connectivity index (χ1n) is 5.39. The Bertz CT molecular complexity index is 423. The molecule has 2 heteroatoms. The van der Waals surface area contributed by atoms with Crippen LogP contribution in [0.3, 0.4) is 0 Å². The minimum Gasteiger partial charge on any atom is -0.325 e. The van der Waals surface area contributed by atoms with Gasteiger partial charge in [-0.3, -0.25) is 4.79 Å². The highest BCUT2D eigenvalue weighted by atomic mass is 16.2. The second kappa shape index (κ2) is 3.09. The molecule has 0 saturated heterocycles. The molecule has 0 unspecified atom stereocenters. The third-order valence-corrected chi connectivity index (χ3v) is 3.70. The van der Waals surface area contributed by atoms with Gasteiger partial charge in [0, 0.05) is 5.69 Å². The average Bonchev–Trinajstić information content (AvgIpc) is 2.44. The molecular weight excluding hydrogens is 186 g/mol. The zero-order valence-corrected chi connectivity index (χ0v) is 9.72. The van der Waals surface area contributed by atoms with Crippen molar-refractivity contribution in [2.75, 3.05) is 5.32 Å². The van der Waals surface area contributed by atoms with Gasteiger partial charge in [0.25, 0.3) is 0 Å². The van der Waals surface area contributed by atoms with Crippen molar-refractivity contribution in [3.8, 4) is 0 Å². The molecule has 1 aliphatic rings. The fourth-order valence-corrected chi connectivity index (χ4v) is 2.21.